The van der Waals surface area contributed by atoms with Crippen LogP contribution in [0.5, 0.6) is 0 Å². The average Bonchev–Trinajstić information content (AvgIpc) is 2.88. The van der Waals surface area contributed by atoms with Gasteiger partial charge in [0, 0.05) is 14.2 Å². The van der Waals surface area contributed by atoms with Gasteiger partial charge < -0.3 is 24.1 Å². The third-order valence-corrected chi connectivity index (χ3v) is 6.15. The summed E-state index contributed by atoms with van der Waals surface area (Å²) in [6, 6.07) is 29.5. The Morgan fingerprint density at radius 3 is 1.58 bits per heavy atom. The molecule has 33 heavy (non-hydrogen) atoms. The zero-order valence-electron chi connectivity index (χ0n) is 18.7. The van der Waals surface area contributed by atoms with Crippen LogP contribution in [-0.2, 0) is 24.5 Å². The van der Waals surface area contributed by atoms with Crippen LogP contribution in [0.15, 0.2) is 91.0 Å². The Hall–Kier alpha value is -2.61. The second-order valence-electron chi connectivity index (χ2n) is 8.01. The van der Waals surface area contributed by atoms with E-state index >= 15 is 0 Å². The molecule has 6 heteroatoms. The van der Waals surface area contributed by atoms with E-state index in [1.54, 1.807) is 0 Å². The molecule has 3 aromatic rings. The van der Waals surface area contributed by atoms with Crippen LogP contribution >= 0.6 is 0 Å². The van der Waals surface area contributed by atoms with Gasteiger partial charge in [-0.2, -0.15) is 0 Å². The summed E-state index contributed by atoms with van der Waals surface area (Å²) in [7, 11) is 2.78. The molecule has 5 atom stereocenters. The summed E-state index contributed by atoms with van der Waals surface area (Å²) in [5, 5.41) is 10.9. The molecule has 1 fully saturated rings. The van der Waals surface area contributed by atoms with Crippen LogP contribution in [0.3, 0.4) is 0 Å². The molecular formula is C27H29FO5. The fourth-order valence-corrected chi connectivity index (χ4v) is 4.51. The molecule has 174 valence electrons. The normalized spacial score (nSPS) is 25.6. The summed E-state index contributed by atoms with van der Waals surface area (Å²) in [4.78, 5) is 0. The monoisotopic (exact) mass is 452 g/mol. The Balaban J connectivity index is 1.75. The summed E-state index contributed by atoms with van der Waals surface area (Å²) in [6.07, 6.45) is -5.74. The van der Waals surface area contributed by atoms with Crippen LogP contribution in [0.4, 0.5) is 4.39 Å². The number of aliphatic hydroxyl groups excluding tert-OH is 1. The van der Waals surface area contributed by atoms with Crippen LogP contribution in [0, 0.1) is 0 Å². The van der Waals surface area contributed by atoms with E-state index in [0.717, 1.165) is 16.7 Å². The lowest BCUT2D eigenvalue weighted by atomic mass is 9.80. The maximum absolute atomic E-state index is 14.7. The van der Waals surface area contributed by atoms with Gasteiger partial charge >= 0.3 is 0 Å². The highest BCUT2D eigenvalue weighted by atomic mass is 19.1. The Labute approximate surface area is 193 Å². The largest absolute Gasteiger partial charge is 0.387 e. The zero-order chi connectivity index (χ0) is 23.3. The molecule has 0 amide bonds. The number of aliphatic hydroxyl groups is 1. The van der Waals surface area contributed by atoms with Crippen molar-refractivity contribution in [2.45, 2.75) is 36.4 Å². The third-order valence-electron chi connectivity index (χ3n) is 6.15. The van der Waals surface area contributed by atoms with E-state index in [4.69, 9.17) is 18.9 Å². The number of alkyl halides is 1. The van der Waals surface area contributed by atoms with E-state index in [0.29, 0.717) is 0 Å². The fraction of sp³-hybridized carbons (Fsp3) is 0.333. The number of hydrogen-bond acceptors (Lipinski definition) is 5. The fourth-order valence-electron chi connectivity index (χ4n) is 4.51. The molecule has 0 bridgehead atoms. The standard InChI is InChI=1S/C27H29FO5/c1-30-24-23(29)22(33-26(28)25(24)31-2)18-32-27(19-12-6-3-7-13-19,20-14-8-4-9-15-20)21-16-10-5-11-17-21/h3-17,22-26,29H,18H2,1-2H3/t22-,23-,24+,25-,26+/m1/s1. The molecule has 1 aliphatic heterocycles. The minimum absolute atomic E-state index is 0.0729. The van der Waals surface area contributed by atoms with Crippen LogP contribution in [0.1, 0.15) is 16.7 Å². The molecule has 1 aliphatic rings. The molecule has 5 nitrogen and oxygen atoms in total. The van der Waals surface area contributed by atoms with E-state index in [1.165, 1.54) is 14.2 Å². The molecule has 1 N–H and O–H groups in total. The minimum Gasteiger partial charge on any atom is -0.387 e. The first-order valence-corrected chi connectivity index (χ1v) is 11.0. The van der Waals surface area contributed by atoms with Gasteiger partial charge in [-0.05, 0) is 16.7 Å². The van der Waals surface area contributed by atoms with Gasteiger partial charge in [0.05, 0.1) is 6.61 Å². The van der Waals surface area contributed by atoms with Crippen LogP contribution in [0.25, 0.3) is 0 Å². The highest BCUT2D eigenvalue weighted by Crippen LogP contribution is 2.41. The minimum atomic E-state index is -1.75. The van der Waals surface area contributed by atoms with Crippen molar-refractivity contribution >= 4 is 0 Å². The molecule has 0 radical (unpaired) electrons. The van der Waals surface area contributed by atoms with Gasteiger partial charge in [-0.3, -0.25) is 0 Å². The lowest BCUT2D eigenvalue weighted by Gasteiger charge is -2.42. The Kier molecular flexibility index (Phi) is 7.53. The summed E-state index contributed by atoms with van der Waals surface area (Å²) < 4.78 is 37.4. The molecule has 0 spiro atoms. The van der Waals surface area contributed by atoms with Gasteiger partial charge in [0.15, 0.2) is 0 Å². The quantitative estimate of drug-likeness (QED) is 0.522. The van der Waals surface area contributed by atoms with Crippen LogP contribution < -0.4 is 0 Å². The molecule has 0 unspecified atom stereocenters. The second-order valence-corrected chi connectivity index (χ2v) is 8.01. The summed E-state index contributed by atoms with van der Waals surface area (Å²) in [5.74, 6) is 0. The molecule has 0 aromatic heterocycles. The van der Waals surface area contributed by atoms with Crippen molar-refractivity contribution < 1.29 is 28.4 Å². The lowest BCUT2D eigenvalue weighted by molar-refractivity contribution is -0.279. The Morgan fingerprint density at radius 1 is 0.758 bits per heavy atom. The SMILES string of the molecule is CO[C@@H]1[C@@H](OC)[C@H](O)[C@@H](COC(c2ccccc2)(c2ccccc2)c2ccccc2)O[C@@H]1F. The van der Waals surface area contributed by atoms with Crippen LogP contribution in [-0.4, -0.2) is 56.7 Å². The average molecular weight is 453 g/mol. The number of halogens is 1. The van der Waals surface area contributed by atoms with Gasteiger partial charge in [-0.1, -0.05) is 91.0 Å². The van der Waals surface area contributed by atoms with E-state index < -0.39 is 36.4 Å². The highest BCUT2D eigenvalue weighted by molar-refractivity contribution is 5.47. The molecular weight excluding hydrogens is 423 g/mol. The van der Waals surface area contributed by atoms with Crippen molar-refractivity contribution in [2.24, 2.45) is 0 Å². The zero-order valence-corrected chi connectivity index (χ0v) is 18.7. The van der Waals surface area contributed by atoms with Gasteiger partial charge in [-0.25, -0.2) is 4.39 Å². The van der Waals surface area contributed by atoms with Crippen LogP contribution in [0.2, 0.25) is 0 Å². The smallest absolute Gasteiger partial charge is 0.228 e. The number of hydrogen-bond donors (Lipinski definition) is 1. The summed E-state index contributed by atoms with van der Waals surface area (Å²) in [5.41, 5.74) is 1.71. The maximum atomic E-state index is 14.7. The number of rotatable bonds is 8. The second kappa shape index (κ2) is 10.5. The van der Waals surface area contributed by atoms with Gasteiger partial charge in [0.2, 0.25) is 6.36 Å². The van der Waals surface area contributed by atoms with Crippen molar-refractivity contribution in [3.8, 4) is 0 Å². The molecule has 3 aromatic carbocycles. The van der Waals surface area contributed by atoms with Crippen molar-refractivity contribution in [2.75, 3.05) is 20.8 Å². The lowest BCUT2D eigenvalue weighted by Crippen LogP contribution is -2.59. The van der Waals surface area contributed by atoms with E-state index in [1.807, 2.05) is 91.0 Å². The van der Waals surface area contributed by atoms with Gasteiger partial charge in [0.25, 0.3) is 0 Å². The predicted octanol–water partition coefficient (Wildman–Crippen LogP) is 4.08. The first-order chi connectivity index (χ1) is 16.1. The first-order valence-electron chi connectivity index (χ1n) is 11.0. The van der Waals surface area contributed by atoms with E-state index in [9.17, 15) is 9.50 Å². The first kappa shape index (κ1) is 23.5. The highest BCUT2D eigenvalue weighted by Gasteiger charge is 2.48. The molecule has 1 saturated heterocycles. The number of ether oxygens (including phenoxy) is 4. The van der Waals surface area contributed by atoms with E-state index in [2.05, 4.69) is 0 Å². The van der Waals surface area contributed by atoms with E-state index in [-0.39, 0.29) is 6.61 Å². The van der Waals surface area contributed by atoms with Crippen molar-refractivity contribution in [3.63, 3.8) is 0 Å². The molecule has 1 heterocycles. The van der Waals surface area contributed by atoms with Crippen molar-refractivity contribution in [3.05, 3.63) is 108 Å². The number of benzene rings is 3. The predicted molar refractivity (Wildman–Crippen MR) is 123 cm³/mol. The van der Waals surface area contributed by atoms with Crippen molar-refractivity contribution in [1.29, 1.82) is 0 Å². The maximum Gasteiger partial charge on any atom is 0.228 e. The van der Waals surface area contributed by atoms with Gasteiger partial charge in [-0.15, -0.1) is 0 Å². The molecule has 0 saturated carbocycles. The molecule has 0 aliphatic carbocycles. The molecule has 4 rings (SSSR count). The Bertz CT molecular complexity index is 889. The van der Waals surface area contributed by atoms with Crippen molar-refractivity contribution in [1.82, 2.24) is 0 Å². The third kappa shape index (κ3) is 4.58. The summed E-state index contributed by atoms with van der Waals surface area (Å²) >= 11 is 0. The summed E-state index contributed by atoms with van der Waals surface area (Å²) in [6.45, 7) is -0.0729. The number of methoxy groups -OCH3 is 2. The van der Waals surface area contributed by atoms with Gasteiger partial charge in [0.1, 0.15) is 30.0 Å². The Morgan fingerprint density at radius 2 is 1.18 bits per heavy atom. The topological polar surface area (TPSA) is 57.2 Å².